The zero-order valence-corrected chi connectivity index (χ0v) is 11.1. The van der Waals surface area contributed by atoms with E-state index < -0.39 is 6.04 Å². The molecular formula is C11H15N3O2S. The Balaban J connectivity index is 2.95. The minimum atomic E-state index is -0.466. The Hall–Kier alpha value is -1.61. The predicted molar refractivity (Wildman–Crippen MR) is 65.8 cm³/mol. The van der Waals surface area contributed by atoms with Crippen LogP contribution in [0.2, 0.25) is 0 Å². The zero-order chi connectivity index (χ0) is 13.0. The van der Waals surface area contributed by atoms with Crippen molar-refractivity contribution in [3.8, 4) is 6.07 Å². The molecule has 1 unspecified atom stereocenters. The molecule has 0 amide bonds. The van der Waals surface area contributed by atoms with Gasteiger partial charge in [0.15, 0.2) is 0 Å². The van der Waals surface area contributed by atoms with E-state index in [-0.39, 0.29) is 11.9 Å². The highest BCUT2D eigenvalue weighted by atomic mass is 32.1. The number of aryl methyl sites for hydroxylation is 1. The van der Waals surface area contributed by atoms with Gasteiger partial charge in [0, 0.05) is 0 Å². The first-order valence-electron chi connectivity index (χ1n) is 5.22. The Morgan fingerprint density at radius 3 is 2.71 bits per heavy atom. The van der Waals surface area contributed by atoms with Gasteiger partial charge >= 0.3 is 5.97 Å². The lowest BCUT2D eigenvalue weighted by Crippen LogP contribution is -2.35. The van der Waals surface area contributed by atoms with Gasteiger partial charge in [-0.15, -0.1) is 0 Å². The van der Waals surface area contributed by atoms with Crippen LogP contribution in [0, 0.1) is 24.2 Å². The molecule has 0 radical (unpaired) electrons. The number of carbonyl (C=O) groups is 1. The number of aromatic nitrogens is 1. The third kappa shape index (κ3) is 2.94. The minimum Gasteiger partial charge on any atom is -0.467 e. The van der Waals surface area contributed by atoms with Crippen molar-refractivity contribution in [3.63, 3.8) is 0 Å². The van der Waals surface area contributed by atoms with Crippen LogP contribution in [0.3, 0.4) is 0 Å². The number of nitriles is 1. The van der Waals surface area contributed by atoms with Crippen molar-refractivity contribution < 1.29 is 9.53 Å². The second kappa shape index (κ2) is 5.64. The average Bonchev–Trinajstić information content (AvgIpc) is 2.65. The summed E-state index contributed by atoms with van der Waals surface area (Å²) in [6.45, 7) is 5.59. The van der Waals surface area contributed by atoms with E-state index in [0.29, 0.717) is 16.3 Å². The van der Waals surface area contributed by atoms with E-state index in [0.717, 1.165) is 0 Å². The highest BCUT2D eigenvalue weighted by Crippen LogP contribution is 2.25. The summed E-state index contributed by atoms with van der Waals surface area (Å²) >= 11 is 1.18. The number of esters is 1. The average molecular weight is 253 g/mol. The molecule has 1 heterocycles. The van der Waals surface area contributed by atoms with Crippen LogP contribution in [-0.4, -0.2) is 23.5 Å². The van der Waals surface area contributed by atoms with E-state index in [2.05, 4.69) is 15.8 Å². The summed E-state index contributed by atoms with van der Waals surface area (Å²) in [5.74, 6) is -0.272. The summed E-state index contributed by atoms with van der Waals surface area (Å²) in [5.41, 5.74) is 1.16. The van der Waals surface area contributed by atoms with Crippen molar-refractivity contribution in [1.29, 1.82) is 5.26 Å². The van der Waals surface area contributed by atoms with E-state index in [1.165, 1.54) is 18.6 Å². The van der Waals surface area contributed by atoms with Crippen molar-refractivity contribution in [2.24, 2.45) is 5.92 Å². The van der Waals surface area contributed by atoms with E-state index in [1.54, 1.807) is 6.92 Å². The predicted octanol–water partition coefficient (Wildman–Crippen LogP) is 1.93. The molecule has 1 aromatic heterocycles. The molecular weight excluding hydrogens is 238 g/mol. The van der Waals surface area contributed by atoms with Gasteiger partial charge in [-0.1, -0.05) is 13.8 Å². The van der Waals surface area contributed by atoms with Crippen LogP contribution in [0.5, 0.6) is 0 Å². The highest BCUT2D eigenvalue weighted by molar-refractivity contribution is 7.10. The first kappa shape index (κ1) is 13.5. The third-order valence-electron chi connectivity index (χ3n) is 2.38. The lowest BCUT2D eigenvalue weighted by Gasteiger charge is -2.19. The van der Waals surface area contributed by atoms with Crippen molar-refractivity contribution >= 4 is 22.5 Å². The van der Waals surface area contributed by atoms with Gasteiger partial charge in [-0.2, -0.15) is 9.64 Å². The fourth-order valence-corrected chi connectivity index (χ4v) is 2.15. The topological polar surface area (TPSA) is 75.0 Å². The molecule has 1 aromatic rings. The maximum Gasteiger partial charge on any atom is 0.328 e. The molecule has 1 atom stereocenters. The quantitative estimate of drug-likeness (QED) is 0.830. The van der Waals surface area contributed by atoms with Gasteiger partial charge in [0.2, 0.25) is 0 Å². The largest absolute Gasteiger partial charge is 0.467 e. The molecule has 1 N–H and O–H groups in total. The molecule has 0 aliphatic heterocycles. The Kier molecular flexibility index (Phi) is 4.46. The van der Waals surface area contributed by atoms with E-state index in [9.17, 15) is 4.79 Å². The van der Waals surface area contributed by atoms with Crippen LogP contribution in [0.4, 0.5) is 5.00 Å². The normalized spacial score (nSPS) is 12.0. The van der Waals surface area contributed by atoms with E-state index in [4.69, 9.17) is 10.00 Å². The summed E-state index contributed by atoms with van der Waals surface area (Å²) in [6.07, 6.45) is 0. The van der Waals surface area contributed by atoms with Crippen molar-refractivity contribution in [2.75, 3.05) is 12.4 Å². The Morgan fingerprint density at radius 1 is 1.59 bits per heavy atom. The number of ether oxygens (including phenoxy) is 1. The summed E-state index contributed by atoms with van der Waals surface area (Å²) in [4.78, 5) is 11.6. The lowest BCUT2D eigenvalue weighted by molar-refractivity contribution is -0.142. The Labute approximate surface area is 105 Å². The van der Waals surface area contributed by atoms with E-state index in [1.807, 2.05) is 13.8 Å². The first-order chi connectivity index (χ1) is 8.01. The van der Waals surface area contributed by atoms with Gasteiger partial charge in [0.25, 0.3) is 0 Å². The van der Waals surface area contributed by atoms with Gasteiger partial charge in [-0.25, -0.2) is 4.79 Å². The molecule has 1 rings (SSSR count). The SMILES string of the molecule is COC(=O)C(Nc1snc(C)c1C#N)C(C)C. The second-order valence-electron chi connectivity index (χ2n) is 3.97. The smallest absolute Gasteiger partial charge is 0.328 e. The molecule has 0 saturated heterocycles. The minimum absolute atomic E-state index is 0.0661. The van der Waals surface area contributed by atoms with Gasteiger partial charge in [-0.3, -0.25) is 0 Å². The highest BCUT2D eigenvalue weighted by Gasteiger charge is 2.25. The number of rotatable bonds is 4. The lowest BCUT2D eigenvalue weighted by atomic mass is 10.0. The summed E-state index contributed by atoms with van der Waals surface area (Å²) in [7, 11) is 1.35. The number of nitrogens with one attached hydrogen (secondary N) is 1. The number of methoxy groups -OCH3 is 1. The summed E-state index contributed by atoms with van der Waals surface area (Å²) < 4.78 is 8.82. The van der Waals surface area contributed by atoms with Gasteiger partial charge in [-0.05, 0) is 24.4 Å². The third-order valence-corrected chi connectivity index (χ3v) is 3.25. The molecule has 0 bridgehead atoms. The molecule has 0 spiro atoms. The second-order valence-corrected chi connectivity index (χ2v) is 4.75. The van der Waals surface area contributed by atoms with E-state index >= 15 is 0 Å². The molecule has 0 fully saturated rings. The first-order valence-corrected chi connectivity index (χ1v) is 5.99. The van der Waals surface area contributed by atoms with Crippen LogP contribution < -0.4 is 5.32 Å². The fourth-order valence-electron chi connectivity index (χ4n) is 1.37. The molecule has 0 saturated carbocycles. The maximum absolute atomic E-state index is 11.6. The fraction of sp³-hybridized carbons (Fsp3) is 0.545. The van der Waals surface area contributed by atoms with Gasteiger partial charge < -0.3 is 10.1 Å². The van der Waals surface area contributed by atoms with Crippen LogP contribution in [-0.2, 0) is 9.53 Å². The van der Waals surface area contributed by atoms with Crippen LogP contribution in [0.25, 0.3) is 0 Å². The molecule has 92 valence electrons. The Morgan fingerprint density at radius 2 is 2.24 bits per heavy atom. The van der Waals surface area contributed by atoms with Gasteiger partial charge in [0.1, 0.15) is 22.7 Å². The number of anilines is 1. The molecule has 0 aliphatic rings. The summed E-state index contributed by atoms with van der Waals surface area (Å²) in [6, 6.07) is 1.61. The number of carbonyl (C=O) groups excluding carboxylic acids is 1. The number of hydrogen-bond donors (Lipinski definition) is 1. The molecule has 5 nitrogen and oxygen atoms in total. The Bertz CT molecular complexity index is 448. The zero-order valence-electron chi connectivity index (χ0n) is 10.3. The number of hydrogen-bond acceptors (Lipinski definition) is 6. The van der Waals surface area contributed by atoms with Crippen LogP contribution >= 0.6 is 11.5 Å². The molecule has 0 aromatic carbocycles. The molecule has 17 heavy (non-hydrogen) atoms. The summed E-state index contributed by atoms with van der Waals surface area (Å²) in [5, 5.41) is 12.6. The van der Waals surface area contributed by atoms with Gasteiger partial charge in [0.05, 0.1) is 12.8 Å². The molecule has 0 aliphatic carbocycles. The van der Waals surface area contributed by atoms with Crippen molar-refractivity contribution in [3.05, 3.63) is 11.3 Å². The monoisotopic (exact) mass is 253 g/mol. The van der Waals surface area contributed by atoms with Crippen LogP contribution in [0.1, 0.15) is 25.1 Å². The van der Waals surface area contributed by atoms with Crippen LogP contribution in [0.15, 0.2) is 0 Å². The molecule has 6 heteroatoms. The van der Waals surface area contributed by atoms with Crippen molar-refractivity contribution in [1.82, 2.24) is 4.37 Å². The van der Waals surface area contributed by atoms with Crippen molar-refractivity contribution in [2.45, 2.75) is 26.8 Å². The number of nitrogens with zero attached hydrogens (tertiary/aromatic N) is 2. The standard InChI is InChI=1S/C11H15N3O2S/c1-6(2)9(11(15)16-4)13-10-8(5-12)7(3)14-17-10/h6,9,13H,1-4H3. The maximum atomic E-state index is 11.6.